The molecule has 1 spiro atoms. The number of halogens is 1. The summed E-state index contributed by atoms with van der Waals surface area (Å²) in [5.74, 6) is 0.731. The molecule has 25 heavy (non-hydrogen) atoms. The van der Waals surface area contributed by atoms with E-state index in [2.05, 4.69) is 15.1 Å². The van der Waals surface area contributed by atoms with Crippen LogP contribution in [0.2, 0.25) is 0 Å². The summed E-state index contributed by atoms with van der Waals surface area (Å²) >= 11 is 0. The van der Waals surface area contributed by atoms with Crippen molar-refractivity contribution >= 4 is 0 Å². The van der Waals surface area contributed by atoms with Crippen LogP contribution in [0.5, 0.6) is 0 Å². The number of aromatic nitrogens is 2. The Kier molecular flexibility index (Phi) is 4.84. The first kappa shape index (κ1) is 16.7. The van der Waals surface area contributed by atoms with E-state index in [1.54, 1.807) is 12.1 Å². The van der Waals surface area contributed by atoms with Gasteiger partial charge in [-0.3, -0.25) is 4.90 Å². The molecule has 2 heterocycles. The summed E-state index contributed by atoms with van der Waals surface area (Å²) in [7, 11) is 0. The Morgan fingerprint density at radius 2 is 1.84 bits per heavy atom. The molecule has 0 atom stereocenters. The number of hydrogen-bond acceptors (Lipinski definition) is 4. The van der Waals surface area contributed by atoms with Gasteiger partial charge in [-0.15, -0.1) is 10.2 Å². The van der Waals surface area contributed by atoms with E-state index in [4.69, 9.17) is 4.42 Å². The zero-order valence-electron chi connectivity index (χ0n) is 14.7. The summed E-state index contributed by atoms with van der Waals surface area (Å²) in [6.07, 6.45) is 10.9. The molecule has 0 amide bonds. The quantitative estimate of drug-likeness (QED) is 0.802. The Bertz CT molecular complexity index is 708. The largest absolute Gasteiger partial charge is 0.419 e. The first-order chi connectivity index (χ1) is 12.2. The average Bonchev–Trinajstić information content (AvgIpc) is 3.01. The number of rotatable bonds is 3. The van der Waals surface area contributed by atoms with Gasteiger partial charge in [0.05, 0.1) is 6.54 Å². The van der Waals surface area contributed by atoms with Crippen LogP contribution >= 0.6 is 0 Å². The lowest BCUT2D eigenvalue weighted by Crippen LogP contribution is -2.28. The first-order valence-corrected chi connectivity index (χ1v) is 9.53. The van der Waals surface area contributed by atoms with Gasteiger partial charge in [-0.05, 0) is 68.8 Å². The molecule has 4 rings (SSSR count). The van der Waals surface area contributed by atoms with Crippen LogP contribution in [0.1, 0.15) is 57.3 Å². The normalized spacial score (nSPS) is 21.3. The van der Waals surface area contributed by atoms with Crippen molar-refractivity contribution in [2.75, 3.05) is 13.1 Å². The monoisotopic (exact) mass is 343 g/mol. The highest BCUT2D eigenvalue weighted by molar-refractivity contribution is 5.52. The molecule has 2 aromatic rings. The third-order valence-corrected chi connectivity index (χ3v) is 5.95. The van der Waals surface area contributed by atoms with Gasteiger partial charge in [0.15, 0.2) is 0 Å². The number of nitrogens with zero attached hydrogens (tertiary/aromatic N) is 3. The highest BCUT2D eigenvalue weighted by atomic mass is 19.1. The zero-order valence-corrected chi connectivity index (χ0v) is 14.7. The van der Waals surface area contributed by atoms with E-state index in [9.17, 15) is 4.39 Å². The van der Waals surface area contributed by atoms with Gasteiger partial charge < -0.3 is 4.42 Å². The first-order valence-electron chi connectivity index (χ1n) is 9.53. The molecular weight excluding hydrogens is 317 g/mol. The van der Waals surface area contributed by atoms with Crippen molar-refractivity contribution in [3.63, 3.8) is 0 Å². The van der Waals surface area contributed by atoms with Gasteiger partial charge in [0, 0.05) is 5.56 Å². The Hall–Kier alpha value is -1.75. The van der Waals surface area contributed by atoms with Crippen LogP contribution < -0.4 is 0 Å². The molecule has 2 aliphatic rings. The fourth-order valence-corrected chi connectivity index (χ4v) is 4.52. The molecule has 5 heteroatoms. The second-order valence-corrected chi connectivity index (χ2v) is 7.70. The molecule has 1 aliphatic heterocycles. The predicted octanol–water partition coefficient (Wildman–Crippen LogP) is 4.81. The topological polar surface area (TPSA) is 42.2 Å². The molecule has 1 aromatic carbocycles. The maximum absolute atomic E-state index is 13.4. The minimum absolute atomic E-state index is 0.289. The van der Waals surface area contributed by atoms with Crippen molar-refractivity contribution in [3.05, 3.63) is 36.0 Å². The van der Waals surface area contributed by atoms with E-state index in [0.29, 0.717) is 29.3 Å². The van der Waals surface area contributed by atoms with Crippen molar-refractivity contribution < 1.29 is 8.81 Å². The Morgan fingerprint density at radius 1 is 1.00 bits per heavy atom. The molecule has 2 fully saturated rings. The van der Waals surface area contributed by atoms with Gasteiger partial charge in [0.1, 0.15) is 5.82 Å². The third kappa shape index (κ3) is 3.92. The van der Waals surface area contributed by atoms with Gasteiger partial charge in [0.2, 0.25) is 11.8 Å². The smallest absolute Gasteiger partial charge is 0.247 e. The lowest BCUT2D eigenvalue weighted by molar-refractivity contribution is 0.155. The molecule has 0 radical (unpaired) electrons. The van der Waals surface area contributed by atoms with Crippen molar-refractivity contribution in [1.82, 2.24) is 15.1 Å². The van der Waals surface area contributed by atoms with Gasteiger partial charge in [0.25, 0.3) is 0 Å². The van der Waals surface area contributed by atoms with Crippen LogP contribution in [-0.2, 0) is 6.54 Å². The van der Waals surface area contributed by atoms with E-state index in [1.165, 1.54) is 63.5 Å². The minimum Gasteiger partial charge on any atom is -0.419 e. The van der Waals surface area contributed by atoms with Crippen molar-refractivity contribution in [3.8, 4) is 11.5 Å². The molecule has 1 aromatic heterocycles. The van der Waals surface area contributed by atoms with Crippen molar-refractivity contribution in [1.29, 1.82) is 0 Å². The van der Waals surface area contributed by atoms with Gasteiger partial charge in [-0.2, -0.15) is 0 Å². The van der Waals surface area contributed by atoms with E-state index in [-0.39, 0.29) is 5.82 Å². The second-order valence-electron chi connectivity index (χ2n) is 7.70. The molecule has 4 nitrogen and oxygen atoms in total. The summed E-state index contributed by atoms with van der Waals surface area (Å²) < 4.78 is 19.1. The van der Waals surface area contributed by atoms with Crippen LogP contribution in [0, 0.1) is 11.2 Å². The molecule has 1 saturated carbocycles. The van der Waals surface area contributed by atoms with Crippen LogP contribution in [0.25, 0.3) is 11.5 Å². The fourth-order valence-electron chi connectivity index (χ4n) is 4.52. The standard InChI is InChI=1S/C20H26FN3O/c21-17-7-4-6-16(14-17)19-23-22-18(25-19)15-24-12-5-10-20(11-13-24)8-2-1-3-9-20/h4,6-7,14H,1-3,5,8-13,15H2. The van der Waals surface area contributed by atoms with Gasteiger partial charge in [-0.1, -0.05) is 25.3 Å². The minimum atomic E-state index is -0.289. The highest BCUT2D eigenvalue weighted by Crippen LogP contribution is 2.44. The maximum Gasteiger partial charge on any atom is 0.247 e. The number of likely N-dealkylation sites (tertiary alicyclic amines) is 1. The number of benzene rings is 1. The Labute approximate surface area is 148 Å². The van der Waals surface area contributed by atoms with E-state index in [0.717, 1.165) is 13.1 Å². The summed E-state index contributed by atoms with van der Waals surface area (Å²) in [6, 6.07) is 6.29. The van der Waals surface area contributed by atoms with Gasteiger partial charge in [-0.25, -0.2) is 4.39 Å². The Balaban J connectivity index is 1.39. The van der Waals surface area contributed by atoms with Crippen LogP contribution in [0.4, 0.5) is 4.39 Å². The maximum atomic E-state index is 13.4. The SMILES string of the molecule is Fc1cccc(-c2nnc(CN3CCCC4(CCCCC4)CC3)o2)c1. The third-order valence-electron chi connectivity index (χ3n) is 5.95. The zero-order chi connectivity index (χ0) is 17.1. The molecular formula is C20H26FN3O. The molecule has 134 valence electrons. The van der Waals surface area contributed by atoms with Crippen molar-refractivity contribution in [2.45, 2.75) is 57.9 Å². The van der Waals surface area contributed by atoms with E-state index >= 15 is 0 Å². The molecule has 0 N–H and O–H groups in total. The highest BCUT2D eigenvalue weighted by Gasteiger charge is 2.33. The number of hydrogen-bond donors (Lipinski definition) is 0. The second kappa shape index (κ2) is 7.24. The summed E-state index contributed by atoms with van der Waals surface area (Å²) in [5.41, 5.74) is 1.23. The van der Waals surface area contributed by atoms with Crippen molar-refractivity contribution in [2.24, 2.45) is 5.41 Å². The van der Waals surface area contributed by atoms with E-state index < -0.39 is 0 Å². The summed E-state index contributed by atoms with van der Waals surface area (Å²) in [4.78, 5) is 2.44. The van der Waals surface area contributed by atoms with Crippen LogP contribution in [0.3, 0.4) is 0 Å². The molecule has 1 saturated heterocycles. The van der Waals surface area contributed by atoms with E-state index in [1.807, 2.05) is 0 Å². The van der Waals surface area contributed by atoms with Crippen LogP contribution in [0.15, 0.2) is 28.7 Å². The molecule has 0 bridgehead atoms. The molecule has 0 unspecified atom stereocenters. The fraction of sp³-hybridized carbons (Fsp3) is 0.600. The lowest BCUT2D eigenvalue weighted by atomic mass is 9.69. The van der Waals surface area contributed by atoms with Gasteiger partial charge >= 0.3 is 0 Å². The Morgan fingerprint density at radius 3 is 2.68 bits per heavy atom. The summed E-state index contributed by atoms with van der Waals surface area (Å²) in [5, 5.41) is 8.26. The average molecular weight is 343 g/mol. The predicted molar refractivity (Wildman–Crippen MR) is 94.3 cm³/mol. The summed E-state index contributed by atoms with van der Waals surface area (Å²) in [6.45, 7) is 2.90. The van der Waals surface area contributed by atoms with Crippen LogP contribution in [-0.4, -0.2) is 28.2 Å². The lowest BCUT2D eigenvalue weighted by Gasteiger charge is -2.36. The molecule has 1 aliphatic carbocycles.